The zero-order chi connectivity index (χ0) is 19.5. The zero-order valence-corrected chi connectivity index (χ0v) is 19.4. The number of aromatic hydroxyl groups is 1. The molecule has 27 heavy (non-hydrogen) atoms. The summed E-state index contributed by atoms with van der Waals surface area (Å²) >= 11 is 8.56. The van der Waals surface area contributed by atoms with Gasteiger partial charge in [0.15, 0.2) is 0 Å². The number of thiophene rings is 1. The minimum absolute atomic E-state index is 0.0326. The minimum Gasteiger partial charge on any atom is -0.507 e. The lowest BCUT2D eigenvalue weighted by molar-refractivity contribution is 0.0934. The Kier molecular flexibility index (Phi) is 4.84. The van der Waals surface area contributed by atoms with Crippen LogP contribution in [0, 0.1) is 11.3 Å². The highest BCUT2D eigenvalue weighted by Crippen LogP contribution is 2.46. The summed E-state index contributed by atoms with van der Waals surface area (Å²) in [6.07, 6.45) is 2.75. The Morgan fingerprint density at radius 1 is 1.19 bits per heavy atom. The molecule has 0 bridgehead atoms. The van der Waals surface area contributed by atoms with Crippen LogP contribution in [0.2, 0.25) is 0 Å². The monoisotopic (exact) mass is 512 g/mol. The van der Waals surface area contributed by atoms with Crippen molar-refractivity contribution in [3.05, 3.63) is 42.6 Å². The van der Waals surface area contributed by atoms with E-state index in [2.05, 4.69) is 63.3 Å². The van der Waals surface area contributed by atoms with Gasteiger partial charge in [-0.05, 0) is 64.2 Å². The van der Waals surface area contributed by atoms with Crippen LogP contribution in [-0.4, -0.2) is 11.0 Å². The lowest BCUT2D eigenvalue weighted by Crippen LogP contribution is -2.38. The van der Waals surface area contributed by atoms with Gasteiger partial charge in [0, 0.05) is 14.9 Å². The molecule has 0 saturated carbocycles. The fraction of sp³-hybridized carbons (Fsp3) is 0.450. The third kappa shape index (κ3) is 3.42. The topological polar surface area (TPSA) is 61.4 Å². The van der Waals surface area contributed by atoms with Gasteiger partial charge in [-0.25, -0.2) is 0 Å². The largest absolute Gasteiger partial charge is 0.507 e. The molecule has 0 radical (unpaired) electrons. The number of nitrogens with one attached hydrogen (secondary N) is 2. The highest BCUT2D eigenvalue weighted by atomic mass is 79.9. The highest BCUT2D eigenvalue weighted by molar-refractivity contribution is 9.11. The zero-order valence-electron chi connectivity index (χ0n) is 15.5. The number of fused-ring (bicyclic) bond motifs is 3. The van der Waals surface area contributed by atoms with E-state index in [-0.39, 0.29) is 23.2 Å². The van der Waals surface area contributed by atoms with Crippen molar-refractivity contribution in [3.63, 3.8) is 0 Å². The van der Waals surface area contributed by atoms with Crippen LogP contribution in [0.25, 0.3) is 0 Å². The fourth-order valence-corrected chi connectivity index (χ4v) is 6.54. The Labute approximate surface area is 180 Å². The van der Waals surface area contributed by atoms with Gasteiger partial charge in [-0.15, -0.1) is 11.3 Å². The van der Waals surface area contributed by atoms with Gasteiger partial charge in [0.2, 0.25) is 0 Å². The molecule has 0 spiro atoms. The SMILES string of the molecule is CC(C)(C)[C@H]1CCc2c(sc3c2C(=O)N[C@H](c2cc(O)c(Br)cc2Br)N3)C1. The first-order valence-electron chi connectivity index (χ1n) is 9.05. The first kappa shape index (κ1) is 19.3. The number of benzene rings is 1. The number of anilines is 1. The number of phenols is 1. The quantitative estimate of drug-likeness (QED) is 0.439. The molecule has 2 atom stereocenters. The molecule has 2 heterocycles. The molecule has 0 fully saturated rings. The van der Waals surface area contributed by atoms with Crippen LogP contribution in [0.1, 0.15) is 59.7 Å². The molecule has 1 aromatic heterocycles. The number of phenolic OH excluding ortho intramolecular Hbond substituents is 1. The summed E-state index contributed by atoms with van der Waals surface area (Å²) < 4.78 is 1.43. The van der Waals surface area contributed by atoms with Crippen LogP contribution >= 0.6 is 43.2 Å². The summed E-state index contributed by atoms with van der Waals surface area (Å²) in [4.78, 5) is 14.3. The number of carbonyl (C=O) groups excluding carboxylic acids is 1. The molecule has 0 saturated heterocycles. The third-order valence-corrected chi connectivity index (χ3v) is 8.15. The molecule has 2 aliphatic rings. The van der Waals surface area contributed by atoms with Crippen LogP contribution in [0.4, 0.5) is 5.00 Å². The highest BCUT2D eigenvalue weighted by Gasteiger charge is 2.36. The second kappa shape index (κ2) is 6.78. The molecule has 1 amide bonds. The molecule has 2 aromatic rings. The van der Waals surface area contributed by atoms with Crippen LogP contribution in [0.3, 0.4) is 0 Å². The van der Waals surface area contributed by atoms with E-state index < -0.39 is 0 Å². The lowest BCUT2D eigenvalue weighted by Gasteiger charge is -2.34. The minimum atomic E-state index is -0.378. The van der Waals surface area contributed by atoms with Gasteiger partial charge >= 0.3 is 0 Å². The average molecular weight is 514 g/mol. The smallest absolute Gasteiger partial charge is 0.256 e. The van der Waals surface area contributed by atoms with Gasteiger partial charge in [0.25, 0.3) is 5.91 Å². The number of carbonyl (C=O) groups is 1. The maximum atomic E-state index is 12.9. The Bertz CT molecular complexity index is 933. The van der Waals surface area contributed by atoms with E-state index in [1.54, 1.807) is 23.5 Å². The predicted octanol–water partition coefficient (Wildman–Crippen LogP) is 5.98. The number of amides is 1. The summed E-state index contributed by atoms with van der Waals surface area (Å²) in [6.45, 7) is 6.90. The Hall–Kier alpha value is -1.05. The Morgan fingerprint density at radius 3 is 2.63 bits per heavy atom. The van der Waals surface area contributed by atoms with Crippen molar-refractivity contribution < 1.29 is 9.90 Å². The van der Waals surface area contributed by atoms with Gasteiger partial charge in [-0.3, -0.25) is 4.79 Å². The van der Waals surface area contributed by atoms with Crippen molar-refractivity contribution in [2.24, 2.45) is 11.3 Å². The van der Waals surface area contributed by atoms with E-state index in [9.17, 15) is 9.90 Å². The van der Waals surface area contributed by atoms with Crippen LogP contribution in [-0.2, 0) is 12.8 Å². The van der Waals surface area contributed by atoms with E-state index in [1.807, 2.05) is 0 Å². The van der Waals surface area contributed by atoms with Crippen molar-refractivity contribution in [3.8, 4) is 5.75 Å². The van der Waals surface area contributed by atoms with Gasteiger partial charge < -0.3 is 15.7 Å². The maximum Gasteiger partial charge on any atom is 0.256 e. The molecular formula is C20H22Br2N2O2S. The maximum absolute atomic E-state index is 12.9. The molecule has 7 heteroatoms. The standard InChI is InChI=1S/C20H22Br2N2O2S/c1-20(2,3)9-4-5-10-15(6-9)27-19-16(10)18(26)23-17(24-19)11-7-14(25)13(22)8-12(11)21/h7-9,17,24-25H,4-6H2,1-3H3,(H,23,26)/t9-,17-/m0/s1. The number of halogens is 2. The fourth-order valence-electron chi connectivity index (χ4n) is 3.97. The number of rotatable bonds is 1. The van der Waals surface area contributed by atoms with Crippen molar-refractivity contribution >= 4 is 54.1 Å². The van der Waals surface area contributed by atoms with Gasteiger partial charge in [0.1, 0.15) is 16.9 Å². The van der Waals surface area contributed by atoms with Gasteiger partial charge in [-0.2, -0.15) is 0 Å². The molecule has 4 rings (SSSR count). The second-order valence-electron chi connectivity index (χ2n) is 8.39. The average Bonchev–Trinajstić information content (AvgIpc) is 2.95. The molecule has 4 nitrogen and oxygen atoms in total. The Morgan fingerprint density at radius 2 is 1.93 bits per heavy atom. The molecule has 1 aliphatic heterocycles. The van der Waals surface area contributed by atoms with Crippen LogP contribution < -0.4 is 10.6 Å². The molecule has 144 valence electrons. The second-order valence-corrected chi connectivity index (χ2v) is 11.2. The summed E-state index contributed by atoms with van der Waals surface area (Å²) in [5.41, 5.74) is 3.11. The normalized spacial score (nSPS) is 21.9. The van der Waals surface area contributed by atoms with Crippen molar-refractivity contribution in [1.82, 2.24) is 5.32 Å². The van der Waals surface area contributed by atoms with E-state index in [4.69, 9.17) is 0 Å². The van der Waals surface area contributed by atoms with E-state index in [0.717, 1.165) is 39.9 Å². The number of hydrogen-bond acceptors (Lipinski definition) is 4. The molecule has 0 unspecified atom stereocenters. The van der Waals surface area contributed by atoms with Crippen molar-refractivity contribution in [1.29, 1.82) is 0 Å². The van der Waals surface area contributed by atoms with Gasteiger partial charge in [0.05, 0.1) is 10.0 Å². The predicted molar refractivity (Wildman–Crippen MR) is 117 cm³/mol. The van der Waals surface area contributed by atoms with E-state index >= 15 is 0 Å². The summed E-state index contributed by atoms with van der Waals surface area (Å²) in [6, 6.07) is 3.46. The molecule has 1 aliphatic carbocycles. The van der Waals surface area contributed by atoms with Crippen molar-refractivity contribution in [2.45, 2.75) is 46.2 Å². The summed E-state index contributed by atoms with van der Waals surface area (Å²) in [7, 11) is 0. The van der Waals surface area contributed by atoms with E-state index in [0.29, 0.717) is 10.4 Å². The molecule has 3 N–H and O–H groups in total. The van der Waals surface area contributed by atoms with Crippen molar-refractivity contribution in [2.75, 3.05) is 5.32 Å². The van der Waals surface area contributed by atoms with E-state index in [1.165, 1.54) is 10.4 Å². The van der Waals surface area contributed by atoms with Crippen LogP contribution in [0.15, 0.2) is 21.1 Å². The van der Waals surface area contributed by atoms with Gasteiger partial charge in [-0.1, -0.05) is 36.7 Å². The van der Waals surface area contributed by atoms with Crippen LogP contribution in [0.5, 0.6) is 5.75 Å². The third-order valence-electron chi connectivity index (χ3n) is 5.65. The first-order valence-corrected chi connectivity index (χ1v) is 11.4. The molecular weight excluding hydrogens is 492 g/mol. The lowest BCUT2D eigenvalue weighted by atomic mass is 9.72. The first-order chi connectivity index (χ1) is 12.6. The Balaban J connectivity index is 1.68. The molecule has 1 aromatic carbocycles. The summed E-state index contributed by atoms with van der Waals surface area (Å²) in [5, 5.41) is 17.5. The summed E-state index contributed by atoms with van der Waals surface area (Å²) in [5.74, 6) is 0.754. The number of hydrogen-bond donors (Lipinski definition) is 3.